The second-order valence-corrected chi connectivity index (χ2v) is 7.09. The Balaban J connectivity index is 1.51. The Morgan fingerprint density at radius 1 is 1.33 bits per heavy atom. The second kappa shape index (κ2) is 7.34. The summed E-state index contributed by atoms with van der Waals surface area (Å²) in [6, 6.07) is 4.09. The van der Waals surface area contributed by atoms with Crippen molar-refractivity contribution in [2.45, 2.75) is 51.0 Å². The van der Waals surface area contributed by atoms with Gasteiger partial charge in [0.05, 0.1) is 4.92 Å². The van der Waals surface area contributed by atoms with Crippen molar-refractivity contribution in [3.05, 3.63) is 33.9 Å². The van der Waals surface area contributed by atoms with Crippen molar-refractivity contribution in [1.82, 2.24) is 10.2 Å². The van der Waals surface area contributed by atoms with Crippen LogP contribution >= 0.6 is 0 Å². The fraction of sp³-hybridized carbons (Fsp3) is 0.500. The number of carbonyl (C=O) groups is 3. The lowest BCUT2D eigenvalue weighted by atomic mass is 9.98. The van der Waals surface area contributed by atoms with E-state index in [1.165, 1.54) is 11.0 Å². The maximum Gasteiger partial charge on any atom is 0.325 e. The number of anilines is 1. The Bertz CT molecular complexity index is 801. The lowest BCUT2D eigenvalue weighted by Gasteiger charge is -2.19. The van der Waals surface area contributed by atoms with Crippen molar-refractivity contribution in [2.24, 2.45) is 0 Å². The number of carbonyl (C=O) groups excluding carboxylic acids is 3. The number of benzene rings is 1. The van der Waals surface area contributed by atoms with Gasteiger partial charge in [0, 0.05) is 30.3 Å². The van der Waals surface area contributed by atoms with E-state index in [4.69, 9.17) is 0 Å². The molecular weight excluding hydrogens is 352 g/mol. The average Bonchev–Trinajstić information content (AvgIpc) is 3.17. The molecule has 1 aromatic carbocycles. The first kappa shape index (κ1) is 18.8. The third-order valence-electron chi connectivity index (χ3n) is 5.18. The molecule has 1 saturated heterocycles. The number of aryl methyl sites for hydroxylation is 1. The zero-order chi connectivity index (χ0) is 19.6. The minimum Gasteiger partial charge on any atom is -0.326 e. The average molecular weight is 374 g/mol. The highest BCUT2D eigenvalue weighted by Crippen LogP contribution is 2.35. The summed E-state index contributed by atoms with van der Waals surface area (Å²) >= 11 is 0. The topological polar surface area (TPSA) is 122 Å². The van der Waals surface area contributed by atoms with Crippen molar-refractivity contribution in [2.75, 3.05) is 11.9 Å². The van der Waals surface area contributed by atoms with Gasteiger partial charge in [-0.15, -0.1) is 0 Å². The van der Waals surface area contributed by atoms with Crippen LogP contribution in [0.5, 0.6) is 0 Å². The maximum absolute atomic E-state index is 12.5. The Morgan fingerprint density at radius 3 is 2.70 bits per heavy atom. The van der Waals surface area contributed by atoms with E-state index >= 15 is 0 Å². The molecule has 2 N–H and O–H groups in total. The van der Waals surface area contributed by atoms with Crippen LogP contribution in [0.15, 0.2) is 18.2 Å². The van der Waals surface area contributed by atoms with Crippen LogP contribution in [0.25, 0.3) is 0 Å². The Hall–Kier alpha value is -2.97. The third-order valence-corrected chi connectivity index (χ3v) is 5.18. The van der Waals surface area contributed by atoms with E-state index in [1.807, 2.05) is 0 Å². The summed E-state index contributed by atoms with van der Waals surface area (Å²) in [5, 5.41) is 16.4. The number of rotatable bonds is 6. The molecule has 1 aliphatic heterocycles. The minimum absolute atomic E-state index is 0.0611. The van der Waals surface area contributed by atoms with Gasteiger partial charge in [-0.3, -0.25) is 24.6 Å². The molecule has 1 spiro atoms. The van der Waals surface area contributed by atoms with E-state index in [2.05, 4.69) is 10.6 Å². The first-order chi connectivity index (χ1) is 12.8. The fourth-order valence-electron chi connectivity index (χ4n) is 3.70. The summed E-state index contributed by atoms with van der Waals surface area (Å²) in [5.74, 6) is -0.518. The highest BCUT2D eigenvalue weighted by Gasteiger charge is 2.51. The number of nitro benzene ring substituents is 1. The molecule has 1 saturated carbocycles. The molecule has 0 radical (unpaired) electrons. The molecular formula is C18H22N4O5. The third kappa shape index (κ3) is 3.76. The van der Waals surface area contributed by atoms with Crippen LogP contribution in [0.1, 0.15) is 44.1 Å². The van der Waals surface area contributed by atoms with Crippen LogP contribution in [-0.2, 0) is 9.59 Å². The number of nitrogens with one attached hydrogen (secondary N) is 2. The van der Waals surface area contributed by atoms with E-state index < -0.39 is 16.5 Å². The smallest absolute Gasteiger partial charge is 0.325 e. The summed E-state index contributed by atoms with van der Waals surface area (Å²) in [5.41, 5.74) is 0.0591. The first-order valence-corrected chi connectivity index (χ1v) is 9.01. The number of nitrogens with zero attached hydrogens (tertiary/aromatic N) is 2. The van der Waals surface area contributed by atoms with Gasteiger partial charge in [-0.1, -0.05) is 18.9 Å². The molecule has 4 amide bonds. The van der Waals surface area contributed by atoms with Gasteiger partial charge in [0.2, 0.25) is 5.91 Å². The Kier molecular flexibility index (Phi) is 5.11. The largest absolute Gasteiger partial charge is 0.326 e. The predicted molar refractivity (Wildman–Crippen MR) is 97.1 cm³/mol. The second-order valence-electron chi connectivity index (χ2n) is 7.09. The van der Waals surface area contributed by atoms with Gasteiger partial charge < -0.3 is 10.6 Å². The van der Waals surface area contributed by atoms with Crippen LogP contribution in [0.2, 0.25) is 0 Å². The summed E-state index contributed by atoms with van der Waals surface area (Å²) in [7, 11) is 0. The number of hydrogen-bond acceptors (Lipinski definition) is 5. The SMILES string of the molecule is Cc1ccc(NC(=O)CCCN2C(=O)NC3(CCCC3)C2=O)cc1[N+](=O)[O-]. The van der Waals surface area contributed by atoms with Gasteiger partial charge in [0.1, 0.15) is 5.54 Å². The first-order valence-electron chi connectivity index (χ1n) is 9.01. The van der Waals surface area contributed by atoms with E-state index in [0.29, 0.717) is 30.5 Å². The Labute approximate surface area is 156 Å². The van der Waals surface area contributed by atoms with Crippen LogP contribution in [0.4, 0.5) is 16.2 Å². The van der Waals surface area contributed by atoms with Gasteiger partial charge in [-0.25, -0.2) is 4.79 Å². The van der Waals surface area contributed by atoms with Gasteiger partial charge in [-0.2, -0.15) is 0 Å². The molecule has 9 nitrogen and oxygen atoms in total. The normalized spacial score (nSPS) is 18.0. The highest BCUT2D eigenvalue weighted by molar-refractivity contribution is 6.07. The molecule has 1 aliphatic carbocycles. The van der Waals surface area contributed by atoms with E-state index in [-0.39, 0.29) is 30.5 Å². The molecule has 1 heterocycles. The molecule has 27 heavy (non-hydrogen) atoms. The molecule has 9 heteroatoms. The predicted octanol–water partition coefficient (Wildman–Crippen LogP) is 2.49. The van der Waals surface area contributed by atoms with E-state index in [9.17, 15) is 24.5 Å². The summed E-state index contributed by atoms with van der Waals surface area (Å²) in [6.07, 6.45) is 3.61. The van der Waals surface area contributed by atoms with Crippen LogP contribution in [0.3, 0.4) is 0 Å². The van der Waals surface area contributed by atoms with Crippen molar-refractivity contribution in [1.29, 1.82) is 0 Å². The lowest BCUT2D eigenvalue weighted by Crippen LogP contribution is -2.44. The molecule has 1 aromatic rings. The number of nitro groups is 1. The molecule has 144 valence electrons. The van der Waals surface area contributed by atoms with Crippen molar-refractivity contribution < 1.29 is 19.3 Å². The molecule has 0 bridgehead atoms. The number of urea groups is 1. The quantitative estimate of drug-likeness (QED) is 0.450. The number of hydrogen-bond donors (Lipinski definition) is 2. The monoisotopic (exact) mass is 374 g/mol. The fourth-order valence-corrected chi connectivity index (χ4v) is 3.70. The zero-order valence-electron chi connectivity index (χ0n) is 15.1. The molecule has 0 atom stereocenters. The van der Waals surface area contributed by atoms with Crippen LogP contribution in [-0.4, -0.2) is 39.8 Å². The van der Waals surface area contributed by atoms with Gasteiger partial charge in [0.15, 0.2) is 0 Å². The molecule has 2 fully saturated rings. The van der Waals surface area contributed by atoms with Crippen LogP contribution in [0, 0.1) is 17.0 Å². The summed E-state index contributed by atoms with van der Waals surface area (Å²) in [6.45, 7) is 1.80. The molecule has 3 rings (SSSR count). The minimum atomic E-state index is -0.736. The number of amides is 4. The van der Waals surface area contributed by atoms with Gasteiger partial charge in [-0.05, 0) is 32.3 Å². The van der Waals surface area contributed by atoms with Crippen molar-refractivity contribution in [3.8, 4) is 0 Å². The number of imide groups is 1. The summed E-state index contributed by atoms with van der Waals surface area (Å²) < 4.78 is 0. The van der Waals surface area contributed by atoms with Crippen molar-refractivity contribution in [3.63, 3.8) is 0 Å². The van der Waals surface area contributed by atoms with Gasteiger partial charge >= 0.3 is 6.03 Å². The summed E-state index contributed by atoms with van der Waals surface area (Å²) in [4.78, 5) is 48.3. The molecule has 0 aromatic heterocycles. The Morgan fingerprint density at radius 2 is 2.04 bits per heavy atom. The van der Waals surface area contributed by atoms with Crippen molar-refractivity contribution >= 4 is 29.2 Å². The van der Waals surface area contributed by atoms with E-state index in [0.717, 1.165) is 12.8 Å². The maximum atomic E-state index is 12.5. The standard InChI is InChI=1S/C18H22N4O5/c1-12-6-7-13(11-14(12)22(26)27)19-15(23)5-4-10-21-16(24)18(20-17(21)25)8-2-3-9-18/h6-7,11H,2-5,8-10H2,1H3,(H,19,23)(H,20,25). The van der Waals surface area contributed by atoms with E-state index in [1.54, 1.807) is 19.1 Å². The van der Waals surface area contributed by atoms with Gasteiger partial charge in [0.25, 0.3) is 11.6 Å². The zero-order valence-corrected chi connectivity index (χ0v) is 15.1. The van der Waals surface area contributed by atoms with Crippen LogP contribution < -0.4 is 10.6 Å². The lowest BCUT2D eigenvalue weighted by molar-refractivity contribution is -0.385. The highest BCUT2D eigenvalue weighted by atomic mass is 16.6. The molecule has 2 aliphatic rings. The molecule has 0 unspecified atom stereocenters.